The molecule has 2 saturated heterocycles. The highest BCUT2D eigenvalue weighted by Gasteiger charge is 2.36. The van der Waals surface area contributed by atoms with Gasteiger partial charge in [0.2, 0.25) is 5.91 Å². The molecular formula is C23H37N3O. The van der Waals surface area contributed by atoms with Crippen molar-refractivity contribution in [3.05, 3.63) is 35.9 Å². The quantitative estimate of drug-likeness (QED) is 0.833. The maximum Gasteiger partial charge on any atom is 0.222 e. The Morgan fingerprint density at radius 2 is 1.74 bits per heavy atom. The normalized spacial score (nSPS) is 27.4. The molecule has 150 valence electrons. The fourth-order valence-electron chi connectivity index (χ4n) is 5.24. The molecule has 0 aliphatic carbocycles. The summed E-state index contributed by atoms with van der Waals surface area (Å²) in [5.41, 5.74) is 1.38. The molecule has 0 radical (unpaired) electrons. The number of benzene rings is 1. The summed E-state index contributed by atoms with van der Waals surface area (Å²) >= 11 is 0. The minimum Gasteiger partial charge on any atom is -0.342 e. The van der Waals surface area contributed by atoms with E-state index in [1.54, 1.807) is 0 Å². The van der Waals surface area contributed by atoms with Crippen LogP contribution >= 0.6 is 0 Å². The van der Waals surface area contributed by atoms with Crippen LogP contribution in [0.3, 0.4) is 0 Å². The first kappa shape index (κ1) is 20.3. The van der Waals surface area contributed by atoms with Crippen LogP contribution in [0.1, 0.15) is 45.1 Å². The Kier molecular flexibility index (Phi) is 7.31. The second-order valence-electron chi connectivity index (χ2n) is 8.86. The zero-order valence-corrected chi connectivity index (χ0v) is 17.4. The van der Waals surface area contributed by atoms with Gasteiger partial charge in [0, 0.05) is 39.1 Å². The molecule has 0 saturated carbocycles. The fourth-order valence-corrected chi connectivity index (χ4v) is 5.24. The number of carbonyl (C=O) groups excluding carboxylic acids is 1. The minimum atomic E-state index is 0.341. The molecule has 0 bridgehead atoms. The fraction of sp³-hybridized carbons (Fsp3) is 0.696. The van der Waals surface area contributed by atoms with Crippen molar-refractivity contribution in [2.75, 3.05) is 33.2 Å². The third-order valence-corrected chi connectivity index (χ3v) is 6.57. The van der Waals surface area contributed by atoms with Crippen molar-refractivity contribution in [1.82, 2.24) is 15.1 Å². The monoisotopic (exact) mass is 371 g/mol. The predicted molar refractivity (Wildman–Crippen MR) is 111 cm³/mol. The van der Waals surface area contributed by atoms with Crippen LogP contribution in [0.5, 0.6) is 0 Å². The molecule has 0 spiro atoms. The summed E-state index contributed by atoms with van der Waals surface area (Å²) in [6, 6.07) is 11.1. The number of carbonyl (C=O) groups is 1. The molecule has 2 atom stereocenters. The lowest BCUT2D eigenvalue weighted by molar-refractivity contribution is -0.136. The third-order valence-electron chi connectivity index (χ3n) is 6.57. The van der Waals surface area contributed by atoms with Crippen LogP contribution in [-0.2, 0) is 11.3 Å². The van der Waals surface area contributed by atoms with Gasteiger partial charge in [-0.3, -0.25) is 9.69 Å². The minimum absolute atomic E-state index is 0.341. The van der Waals surface area contributed by atoms with Gasteiger partial charge in [-0.15, -0.1) is 0 Å². The number of nitrogens with one attached hydrogen (secondary N) is 1. The SMILES string of the molecule is CC1CN(Cc2ccccc2)CC(C)C1N(C)C(=O)CCC1CCNCC1. The second-order valence-corrected chi connectivity index (χ2v) is 8.86. The number of hydrogen-bond acceptors (Lipinski definition) is 3. The summed E-state index contributed by atoms with van der Waals surface area (Å²) in [4.78, 5) is 17.5. The summed E-state index contributed by atoms with van der Waals surface area (Å²) in [6.07, 6.45) is 4.22. The van der Waals surface area contributed by atoms with Crippen LogP contribution in [0, 0.1) is 17.8 Å². The highest BCUT2D eigenvalue weighted by Crippen LogP contribution is 2.28. The highest BCUT2D eigenvalue weighted by atomic mass is 16.2. The first-order chi connectivity index (χ1) is 13.0. The van der Waals surface area contributed by atoms with E-state index in [1.165, 1.54) is 18.4 Å². The Hall–Kier alpha value is -1.39. The molecule has 2 heterocycles. The second kappa shape index (κ2) is 9.70. The topological polar surface area (TPSA) is 35.6 Å². The first-order valence-corrected chi connectivity index (χ1v) is 10.8. The molecular weight excluding hydrogens is 334 g/mol. The number of piperidine rings is 2. The smallest absolute Gasteiger partial charge is 0.222 e. The van der Waals surface area contributed by atoms with Gasteiger partial charge in [-0.05, 0) is 55.7 Å². The maximum atomic E-state index is 12.8. The van der Waals surface area contributed by atoms with Gasteiger partial charge < -0.3 is 10.2 Å². The summed E-state index contributed by atoms with van der Waals surface area (Å²) in [6.45, 7) is 10.00. The van der Waals surface area contributed by atoms with E-state index in [9.17, 15) is 4.79 Å². The number of likely N-dealkylation sites (tertiary alicyclic amines) is 1. The standard InChI is InChI=1S/C23H37N3O/c1-18-15-26(17-21-7-5-4-6-8-21)16-19(2)23(18)25(3)22(27)10-9-20-11-13-24-14-12-20/h4-8,18-20,23-24H,9-17H2,1-3H3. The molecule has 0 aromatic heterocycles. The van der Waals surface area contributed by atoms with Crippen molar-refractivity contribution >= 4 is 5.91 Å². The summed E-state index contributed by atoms with van der Waals surface area (Å²) in [5, 5.41) is 3.41. The van der Waals surface area contributed by atoms with Crippen LogP contribution in [-0.4, -0.2) is 55.0 Å². The van der Waals surface area contributed by atoms with E-state index in [2.05, 4.69) is 59.3 Å². The van der Waals surface area contributed by atoms with Crippen molar-refractivity contribution in [1.29, 1.82) is 0 Å². The zero-order valence-electron chi connectivity index (χ0n) is 17.4. The lowest BCUT2D eigenvalue weighted by atomic mass is 9.84. The number of rotatable bonds is 6. The van der Waals surface area contributed by atoms with Gasteiger partial charge in [-0.2, -0.15) is 0 Å². The largest absolute Gasteiger partial charge is 0.342 e. The van der Waals surface area contributed by atoms with E-state index < -0.39 is 0 Å². The van der Waals surface area contributed by atoms with Crippen LogP contribution in [0.25, 0.3) is 0 Å². The summed E-state index contributed by atoms with van der Waals surface area (Å²) in [7, 11) is 2.04. The molecule has 1 amide bonds. The van der Waals surface area contributed by atoms with Crippen molar-refractivity contribution in [2.24, 2.45) is 17.8 Å². The molecule has 1 aromatic carbocycles. The van der Waals surface area contributed by atoms with Crippen LogP contribution in [0.4, 0.5) is 0 Å². The van der Waals surface area contributed by atoms with E-state index in [0.29, 0.717) is 30.2 Å². The number of amides is 1. The van der Waals surface area contributed by atoms with E-state index >= 15 is 0 Å². The van der Waals surface area contributed by atoms with Gasteiger partial charge in [-0.25, -0.2) is 0 Å². The zero-order chi connectivity index (χ0) is 19.2. The average Bonchev–Trinajstić information content (AvgIpc) is 2.67. The van der Waals surface area contributed by atoms with Crippen molar-refractivity contribution in [3.63, 3.8) is 0 Å². The number of nitrogens with zero attached hydrogens (tertiary/aromatic N) is 2. The van der Waals surface area contributed by atoms with Crippen molar-refractivity contribution in [2.45, 2.75) is 52.1 Å². The lowest BCUT2D eigenvalue weighted by Crippen LogP contribution is -2.55. The molecule has 3 rings (SSSR count). The predicted octanol–water partition coefficient (Wildman–Crippen LogP) is 3.38. The van der Waals surface area contributed by atoms with E-state index in [0.717, 1.165) is 45.1 Å². The Labute approximate surface area is 165 Å². The van der Waals surface area contributed by atoms with Gasteiger partial charge in [0.05, 0.1) is 0 Å². The Bertz CT molecular complexity index is 573. The van der Waals surface area contributed by atoms with Crippen LogP contribution < -0.4 is 5.32 Å². The van der Waals surface area contributed by atoms with Gasteiger partial charge >= 0.3 is 0 Å². The Morgan fingerprint density at radius 1 is 1.11 bits per heavy atom. The average molecular weight is 372 g/mol. The molecule has 2 fully saturated rings. The Balaban J connectivity index is 1.50. The molecule has 1 N–H and O–H groups in total. The molecule has 2 unspecified atom stereocenters. The van der Waals surface area contributed by atoms with Crippen molar-refractivity contribution < 1.29 is 4.79 Å². The van der Waals surface area contributed by atoms with Crippen LogP contribution in [0.2, 0.25) is 0 Å². The highest BCUT2D eigenvalue weighted by molar-refractivity contribution is 5.76. The first-order valence-electron chi connectivity index (χ1n) is 10.8. The molecule has 4 heteroatoms. The van der Waals surface area contributed by atoms with Gasteiger partial charge in [0.15, 0.2) is 0 Å². The molecule has 4 nitrogen and oxygen atoms in total. The molecule has 2 aliphatic heterocycles. The molecule has 2 aliphatic rings. The maximum absolute atomic E-state index is 12.8. The van der Waals surface area contributed by atoms with E-state index in [4.69, 9.17) is 0 Å². The Morgan fingerprint density at radius 3 is 2.37 bits per heavy atom. The third kappa shape index (κ3) is 5.55. The molecule has 1 aromatic rings. The van der Waals surface area contributed by atoms with Gasteiger partial charge in [-0.1, -0.05) is 44.2 Å². The summed E-state index contributed by atoms with van der Waals surface area (Å²) in [5.74, 6) is 2.08. The van der Waals surface area contributed by atoms with Gasteiger partial charge in [0.25, 0.3) is 0 Å². The summed E-state index contributed by atoms with van der Waals surface area (Å²) < 4.78 is 0. The van der Waals surface area contributed by atoms with E-state index in [1.807, 2.05) is 7.05 Å². The number of hydrogen-bond donors (Lipinski definition) is 1. The lowest BCUT2D eigenvalue weighted by Gasteiger charge is -2.45. The van der Waals surface area contributed by atoms with Crippen LogP contribution in [0.15, 0.2) is 30.3 Å². The molecule has 27 heavy (non-hydrogen) atoms. The van der Waals surface area contributed by atoms with E-state index in [-0.39, 0.29) is 0 Å². The van der Waals surface area contributed by atoms with Gasteiger partial charge in [0.1, 0.15) is 0 Å². The van der Waals surface area contributed by atoms with Crippen molar-refractivity contribution in [3.8, 4) is 0 Å².